The summed E-state index contributed by atoms with van der Waals surface area (Å²) in [4.78, 5) is 16.2. The Morgan fingerprint density at radius 3 is 2.48 bits per heavy atom. The number of para-hydroxylation sites is 1. The number of amides is 1. The van der Waals surface area contributed by atoms with E-state index in [1.807, 2.05) is 15.9 Å². The van der Waals surface area contributed by atoms with Gasteiger partial charge in [-0.25, -0.2) is 4.39 Å². The number of halogens is 1. The van der Waals surface area contributed by atoms with Gasteiger partial charge in [0.1, 0.15) is 23.2 Å². The molecule has 0 atom stereocenters. The first-order valence-corrected chi connectivity index (χ1v) is 9.48. The van der Waals surface area contributed by atoms with Crippen molar-refractivity contribution in [3.8, 4) is 11.8 Å². The molecule has 1 aliphatic heterocycles. The zero-order valence-electron chi connectivity index (χ0n) is 16.0. The number of phenols is 1. The van der Waals surface area contributed by atoms with E-state index in [0.29, 0.717) is 44.8 Å². The Morgan fingerprint density at radius 1 is 1.14 bits per heavy atom. The van der Waals surface area contributed by atoms with Crippen LogP contribution in [0.25, 0.3) is 0 Å². The number of carbonyl (C=O) groups is 1. The molecule has 0 aromatic heterocycles. The van der Waals surface area contributed by atoms with Gasteiger partial charge in [0.25, 0.3) is 5.91 Å². The first-order chi connectivity index (χ1) is 14.1. The molecule has 0 unspecified atom stereocenters. The minimum atomic E-state index is -0.414. The second-order valence-electron chi connectivity index (χ2n) is 6.80. The van der Waals surface area contributed by atoms with Crippen LogP contribution in [0.3, 0.4) is 0 Å². The molecule has 3 rings (SSSR count). The van der Waals surface area contributed by atoms with Gasteiger partial charge in [-0.15, -0.1) is 0 Å². The Labute approximate surface area is 169 Å². The zero-order chi connectivity index (χ0) is 20.6. The van der Waals surface area contributed by atoms with Crippen molar-refractivity contribution < 1.29 is 14.3 Å². The molecule has 1 aliphatic rings. The lowest BCUT2D eigenvalue weighted by atomic mass is 10.1. The Bertz CT molecular complexity index is 913. The summed E-state index contributed by atoms with van der Waals surface area (Å²) in [5.74, 6) is -0.465. The Morgan fingerprint density at radius 2 is 1.83 bits per heavy atom. The van der Waals surface area contributed by atoms with Gasteiger partial charge in [-0.05, 0) is 36.2 Å². The average molecular weight is 394 g/mol. The standard InChI is InChI=1S/C22H23FN4O2/c23-20-3-1-2-4-21(20)27-13-11-26(12-14-27)16-18(15-24)22(29)25-10-9-17-5-7-19(28)8-6-17/h1-8,16,28H,9-14H2,(H,25,29)/b18-16-. The number of piperazine rings is 1. The third kappa shape index (κ3) is 5.48. The van der Waals surface area contributed by atoms with E-state index in [1.165, 1.54) is 6.07 Å². The maximum Gasteiger partial charge on any atom is 0.263 e. The van der Waals surface area contributed by atoms with Crippen molar-refractivity contribution in [1.82, 2.24) is 10.2 Å². The number of hydrogen-bond donors (Lipinski definition) is 2. The van der Waals surface area contributed by atoms with Crippen LogP contribution in [0.15, 0.2) is 60.3 Å². The van der Waals surface area contributed by atoms with Gasteiger partial charge in [-0.3, -0.25) is 4.79 Å². The summed E-state index contributed by atoms with van der Waals surface area (Å²) in [6.45, 7) is 2.81. The van der Waals surface area contributed by atoms with E-state index in [1.54, 1.807) is 48.7 Å². The SMILES string of the molecule is N#C/C(=C/N1CCN(c2ccccc2F)CC1)C(=O)NCCc1ccc(O)cc1. The molecule has 2 aromatic rings. The number of nitrogens with one attached hydrogen (secondary N) is 1. The van der Waals surface area contributed by atoms with E-state index in [4.69, 9.17) is 0 Å². The summed E-state index contributed by atoms with van der Waals surface area (Å²) < 4.78 is 13.9. The number of aromatic hydroxyl groups is 1. The Hall–Kier alpha value is -3.53. The van der Waals surface area contributed by atoms with E-state index < -0.39 is 5.91 Å². The van der Waals surface area contributed by atoms with E-state index in [0.717, 1.165) is 5.56 Å². The smallest absolute Gasteiger partial charge is 0.263 e. The van der Waals surface area contributed by atoms with Crippen LogP contribution in [-0.4, -0.2) is 48.6 Å². The maximum absolute atomic E-state index is 13.9. The van der Waals surface area contributed by atoms with Crippen LogP contribution in [0.5, 0.6) is 5.75 Å². The number of hydrogen-bond acceptors (Lipinski definition) is 5. The summed E-state index contributed by atoms with van der Waals surface area (Å²) in [5.41, 5.74) is 1.61. The van der Waals surface area contributed by atoms with E-state index in [-0.39, 0.29) is 17.1 Å². The maximum atomic E-state index is 13.9. The molecule has 0 saturated carbocycles. The highest BCUT2D eigenvalue weighted by Gasteiger charge is 2.19. The predicted octanol–water partition coefficient (Wildman–Crippen LogP) is 2.42. The fraction of sp³-hybridized carbons (Fsp3) is 0.273. The quantitative estimate of drug-likeness (QED) is 0.581. The molecule has 0 spiro atoms. The van der Waals surface area contributed by atoms with Crippen molar-refractivity contribution in [2.45, 2.75) is 6.42 Å². The molecule has 0 radical (unpaired) electrons. The van der Waals surface area contributed by atoms with Gasteiger partial charge < -0.3 is 20.2 Å². The first-order valence-electron chi connectivity index (χ1n) is 9.48. The van der Waals surface area contributed by atoms with Crippen LogP contribution >= 0.6 is 0 Å². The van der Waals surface area contributed by atoms with Crippen LogP contribution in [0.4, 0.5) is 10.1 Å². The first kappa shape index (κ1) is 20.2. The number of nitriles is 1. The van der Waals surface area contributed by atoms with Gasteiger partial charge in [0, 0.05) is 38.9 Å². The molecule has 2 N–H and O–H groups in total. The Balaban J connectivity index is 1.50. The van der Waals surface area contributed by atoms with Gasteiger partial charge in [-0.1, -0.05) is 24.3 Å². The summed E-state index contributed by atoms with van der Waals surface area (Å²) in [6, 6.07) is 15.4. The van der Waals surface area contributed by atoms with Crippen LogP contribution in [0.1, 0.15) is 5.56 Å². The molecule has 150 valence electrons. The number of carbonyl (C=O) groups excluding carboxylic acids is 1. The van der Waals surface area contributed by atoms with Gasteiger partial charge >= 0.3 is 0 Å². The number of nitrogens with zero attached hydrogens (tertiary/aromatic N) is 3. The van der Waals surface area contributed by atoms with Crippen molar-refractivity contribution in [3.63, 3.8) is 0 Å². The van der Waals surface area contributed by atoms with Crippen molar-refractivity contribution in [1.29, 1.82) is 5.26 Å². The monoisotopic (exact) mass is 394 g/mol. The summed E-state index contributed by atoms with van der Waals surface area (Å²) in [6.07, 6.45) is 2.18. The van der Waals surface area contributed by atoms with Crippen LogP contribution in [0.2, 0.25) is 0 Å². The summed E-state index contributed by atoms with van der Waals surface area (Å²) in [7, 11) is 0. The van der Waals surface area contributed by atoms with Crippen LogP contribution < -0.4 is 10.2 Å². The zero-order valence-corrected chi connectivity index (χ0v) is 16.0. The van der Waals surface area contributed by atoms with E-state index >= 15 is 0 Å². The van der Waals surface area contributed by atoms with E-state index in [2.05, 4.69) is 5.32 Å². The molecule has 0 aliphatic carbocycles. The van der Waals surface area contributed by atoms with E-state index in [9.17, 15) is 19.6 Å². The largest absolute Gasteiger partial charge is 0.508 e. The fourth-order valence-electron chi connectivity index (χ4n) is 3.20. The minimum Gasteiger partial charge on any atom is -0.508 e. The van der Waals surface area contributed by atoms with Crippen molar-refractivity contribution >= 4 is 11.6 Å². The normalized spacial score (nSPS) is 14.4. The van der Waals surface area contributed by atoms with Crippen LogP contribution in [-0.2, 0) is 11.2 Å². The Kier molecular flexibility index (Phi) is 6.69. The van der Waals surface area contributed by atoms with Gasteiger partial charge in [0.2, 0.25) is 0 Å². The molecule has 6 nitrogen and oxygen atoms in total. The molecule has 0 bridgehead atoms. The second-order valence-corrected chi connectivity index (χ2v) is 6.80. The molecule has 29 heavy (non-hydrogen) atoms. The highest BCUT2D eigenvalue weighted by molar-refractivity contribution is 5.97. The highest BCUT2D eigenvalue weighted by atomic mass is 19.1. The van der Waals surface area contributed by atoms with Crippen molar-refractivity contribution in [3.05, 3.63) is 71.7 Å². The van der Waals surface area contributed by atoms with Gasteiger partial charge in [-0.2, -0.15) is 5.26 Å². The fourth-order valence-corrected chi connectivity index (χ4v) is 3.20. The third-order valence-corrected chi connectivity index (χ3v) is 4.82. The molecule has 2 aromatic carbocycles. The third-order valence-electron chi connectivity index (χ3n) is 4.82. The molecular weight excluding hydrogens is 371 g/mol. The molecule has 1 heterocycles. The minimum absolute atomic E-state index is 0.0510. The van der Waals surface area contributed by atoms with Crippen molar-refractivity contribution in [2.24, 2.45) is 0 Å². The number of phenolic OH excluding ortho intramolecular Hbond substituents is 1. The molecule has 1 amide bonds. The highest BCUT2D eigenvalue weighted by Crippen LogP contribution is 2.20. The molecular formula is C22H23FN4O2. The van der Waals surface area contributed by atoms with Crippen molar-refractivity contribution in [2.75, 3.05) is 37.6 Å². The number of rotatable bonds is 6. The predicted molar refractivity (Wildman–Crippen MR) is 109 cm³/mol. The lowest BCUT2D eigenvalue weighted by Crippen LogP contribution is -2.44. The lowest BCUT2D eigenvalue weighted by molar-refractivity contribution is -0.117. The molecule has 1 saturated heterocycles. The molecule has 1 fully saturated rings. The van der Waals surface area contributed by atoms with Crippen LogP contribution in [0, 0.1) is 17.1 Å². The number of benzene rings is 2. The van der Waals surface area contributed by atoms with Gasteiger partial charge in [0.05, 0.1) is 5.69 Å². The number of anilines is 1. The molecule has 7 heteroatoms. The average Bonchev–Trinajstić information content (AvgIpc) is 2.74. The van der Waals surface area contributed by atoms with Gasteiger partial charge in [0.15, 0.2) is 0 Å². The topological polar surface area (TPSA) is 79.6 Å². The lowest BCUT2D eigenvalue weighted by Gasteiger charge is -2.35. The second kappa shape index (κ2) is 9.60. The summed E-state index contributed by atoms with van der Waals surface area (Å²) in [5, 5.41) is 21.4. The summed E-state index contributed by atoms with van der Waals surface area (Å²) >= 11 is 0.